The average molecular weight is 255 g/mol. The molecule has 1 aromatic rings. The van der Waals surface area contributed by atoms with Gasteiger partial charge in [0.05, 0.1) is 6.61 Å². The van der Waals surface area contributed by atoms with Gasteiger partial charge in [0.25, 0.3) is 0 Å². The molecule has 17 heavy (non-hydrogen) atoms. The van der Waals surface area contributed by atoms with Crippen LogP contribution >= 0.6 is 11.8 Å². The highest BCUT2D eigenvalue weighted by Gasteiger charge is 2.22. The van der Waals surface area contributed by atoms with Crippen LogP contribution in [0.1, 0.15) is 26.7 Å². The Hall–Kier alpha value is -1.30. The Morgan fingerprint density at radius 2 is 2.18 bits per heavy atom. The third kappa shape index (κ3) is 4.22. The zero-order valence-electron chi connectivity index (χ0n) is 10.0. The van der Waals surface area contributed by atoms with E-state index in [1.807, 2.05) is 6.92 Å². The van der Waals surface area contributed by atoms with E-state index in [9.17, 15) is 4.79 Å². The summed E-state index contributed by atoms with van der Waals surface area (Å²) in [5.74, 6) is 0.132. The molecule has 0 spiro atoms. The number of carbonyl (C=O) groups is 1. The summed E-state index contributed by atoms with van der Waals surface area (Å²) in [6.07, 6.45) is 4.72. The third-order valence-electron chi connectivity index (χ3n) is 2.05. The maximum absolute atomic E-state index is 11.7. The number of hydrogen-bond acceptors (Lipinski definition) is 6. The Labute approximate surface area is 105 Å². The van der Waals surface area contributed by atoms with E-state index in [-0.39, 0.29) is 11.2 Å². The molecule has 0 aliphatic rings. The number of aromatic nitrogens is 2. The van der Waals surface area contributed by atoms with Crippen molar-refractivity contribution in [1.82, 2.24) is 9.97 Å². The molecule has 1 rings (SSSR count). The zero-order valence-corrected chi connectivity index (χ0v) is 10.9. The Morgan fingerprint density at radius 1 is 1.47 bits per heavy atom. The largest absolute Gasteiger partial charge is 0.465 e. The minimum Gasteiger partial charge on any atom is -0.465 e. The van der Waals surface area contributed by atoms with Crippen molar-refractivity contribution < 1.29 is 9.53 Å². The molecule has 0 fully saturated rings. The summed E-state index contributed by atoms with van der Waals surface area (Å²) >= 11 is 1.31. The predicted molar refractivity (Wildman–Crippen MR) is 67.6 cm³/mol. The van der Waals surface area contributed by atoms with Crippen LogP contribution in [0, 0.1) is 0 Å². The number of nitrogens with zero attached hydrogens (tertiary/aromatic N) is 2. The van der Waals surface area contributed by atoms with Gasteiger partial charge in [-0.15, -0.1) is 0 Å². The van der Waals surface area contributed by atoms with Crippen LogP contribution in [0.25, 0.3) is 0 Å². The molecule has 5 nitrogen and oxygen atoms in total. The van der Waals surface area contributed by atoms with E-state index in [1.165, 1.54) is 18.0 Å². The highest BCUT2D eigenvalue weighted by atomic mass is 32.2. The van der Waals surface area contributed by atoms with Crippen LogP contribution in [0.15, 0.2) is 17.4 Å². The number of nitrogen functional groups attached to an aromatic ring is 1. The van der Waals surface area contributed by atoms with E-state index < -0.39 is 0 Å². The van der Waals surface area contributed by atoms with Gasteiger partial charge in [0, 0.05) is 12.4 Å². The van der Waals surface area contributed by atoms with Crippen molar-refractivity contribution in [1.29, 1.82) is 0 Å². The lowest BCUT2D eigenvalue weighted by Gasteiger charge is -2.14. The summed E-state index contributed by atoms with van der Waals surface area (Å²) < 4.78 is 5.02. The van der Waals surface area contributed by atoms with Crippen molar-refractivity contribution >= 4 is 23.5 Å². The minimum atomic E-state index is -0.265. The zero-order chi connectivity index (χ0) is 12.7. The normalized spacial score (nSPS) is 12.1. The maximum Gasteiger partial charge on any atom is 0.319 e. The smallest absolute Gasteiger partial charge is 0.319 e. The van der Waals surface area contributed by atoms with Crippen molar-refractivity contribution in [3.63, 3.8) is 0 Å². The van der Waals surface area contributed by atoms with Crippen LogP contribution in [0.4, 0.5) is 5.82 Å². The first kappa shape index (κ1) is 13.8. The van der Waals surface area contributed by atoms with Crippen LogP contribution in [-0.2, 0) is 9.53 Å². The predicted octanol–water partition coefficient (Wildman–Crippen LogP) is 1.88. The lowest BCUT2D eigenvalue weighted by Crippen LogP contribution is -2.20. The fourth-order valence-corrected chi connectivity index (χ4v) is 2.37. The van der Waals surface area contributed by atoms with Crippen LogP contribution in [-0.4, -0.2) is 27.8 Å². The number of nitrogens with two attached hydrogens (primary N) is 1. The maximum atomic E-state index is 11.7. The molecule has 6 heteroatoms. The molecule has 0 aliphatic heterocycles. The van der Waals surface area contributed by atoms with E-state index in [2.05, 4.69) is 9.97 Å². The molecule has 2 N–H and O–H groups in total. The second-order valence-electron chi connectivity index (χ2n) is 3.39. The van der Waals surface area contributed by atoms with Crippen LogP contribution in [0.3, 0.4) is 0 Å². The van der Waals surface area contributed by atoms with Crippen LogP contribution in [0.5, 0.6) is 0 Å². The number of carbonyl (C=O) groups excluding carboxylic acids is 1. The van der Waals surface area contributed by atoms with E-state index >= 15 is 0 Å². The van der Waals surface area contributed by atoms with Crippen molar-refractivity contribution in [2.45, 2.75) is 37.0 Å². The molecule has 0 radical (unpaired) electrons. The molecule has 1 unspecified atom stereocenters. The number of ether oxygens (including phenoxy) is 1. The molecular weight excluding hydrogens is 238 g/mol. The highest BCUT2D eigenvalue weighted by Crippen LogP contribution is 2.28. The molecule has 0 saturated heterocycles. The summed E-state index contributed by atoms with van der Waals surface area (Å²) in [6, 6.07) is 0. The summed E-state index contributed by atoms with van der Waals surface area (Å²) in [7, 11) is 0. The van der Waals surface area contributed by atoms with Crippen LogP contribution < -0.4 is 5.73 Å². The van der Waals surface area contributed by atoms with Gasteiger partial charge in [0.15, 0.2) is 5.82 Å². The van der Waals surface area contributed by atoms with Crippen LogP contribution in [0.2, 0.25) is 0 Å². The van der Waals surface area contributed by atoms with Gasteiger partial charge in [-0.3, -0.25) is 4.79 Å². The molecule has 1 atom stereocenters. The van der Waals surface area contributed by atoms with Gasteiger partial charge in [0.1, 0.15) is 10.3 Å². The van der Waals surface area contributed by atoms with Crippen molar-refractivity contribution in [2.24, 2.45) is 0 Å². The van der Waals surface area contributed by atoms with E-state index in [4.69, 9.17) is 10.5 Å². The quantitative estimate of drug-likeness (QED) is 0.617. The van der Waals surface area contributed by atoms with Gasteiger partial charge in [0.2, 0.25) is 0 Å². The van der Waals surface area contributed by atoms with Crippen molar-refractivity contribution in [3.8, 4) is 0 Å². The van der Waals surface area contributed by atoms with E-state index in [1.54, 1.807) is 13.1 Å². The lowest BCUT2D eigenvalue weighted by molar-refractivity contribution is -0.142. The van der Waals surface area contributed by atoms with Gasteiger partial charge in [-0.25, -0.2) is 9.97 Å². The molecule has 0 amide bonds. The van der Waals surface area contributed by atoms with E-state index in [0.717, 1.165) is 12.8 Å². The first-order valence-corrected chi connectivity index (χ1v) is 6.46. The van der Waals surface area contributed by atoms with Gasteiger partial charge in [-0.05, 0) is 13.3 Å². The van der Waals surface area contributed by atoms with Gasteiger partial charge in [-0.2, -0.15) is 0 Å². The average Bonchev–Trinajstić information content (AvgIpc) is 2.31. The molecule has 1 aromatic heterocycles. The SMILES string of the molecule is CCCC(Sc1nccnc1N)C(=O)OCC. The number of hydrogen-bond donors (Lipinski definition) is 1. The summed E-state index contributed by atoms with van der Waals surface area (Å²) in [5, 5.41) is 0.318. The second-order valence-corrected chi connectivity index (χ2v) is 4.59. The standard InChI is InChI=1S/C11H17N3O2S/c1-3-5-8(11(15)16-4-2)17-10-9(12)13-6-7-14-10/h6-8H,3-5H2,1-2H3,(H2,12,13). The molecule has 0 aliphatic carbocycles. The molecule has 1 heterocycles. The van der Waals surface area contributed by atoms with Gasteiger partial charge < -0.3 is 10.5 Å². The monoisotopic (exact) mass is 255 g/mol. The Bertz CT molecular complexity index is 373. The second kappa shape index (κ2) is 7.11. The highest BCUT2D eigenvalue weighted by molar-refractivity contribution is 8.00. The van der Waals surface area contributed by atoms with Crippen molar-refractivity contribution in [3.05, 3.63) is 12.4 Å². The Kier molecular flexibility index (Phi) is 5.76. The van der Waals surface area contributed by atoms with Crippen molar-refractivity contribution in [2.75, 3.05) is 12.3 Å². The molecule has 0 bridgehead atoms. The molecule has 0 aromatic carbocycles. The molecular formula is C11H17N3O2S. The fraction of sp³-hybridized carbons (Fsp3) is 0.545. The first-order valence-electron chi connectivity index (χ1n) is 5.58. The Balaban J connectivity index is 2.73. The fourth-order valence-electron chi connectivity index (χ4n) is 1.28. The number of esters is 1. The number of thioether (sulfide) groups is 1. The van der Waals surface area contributed by atoms with Gasteiger partial charge >= 0.3 is 5.97 Å². The lowest BCUT2D eigenvalue weighted by atomic mass is 10.2. The Morgan fingerprint density at radius 3 is 2.76 bits per heavy atom. The van der Waals surface area contributed by atoms with Gasteiger partial charge in [-0.1, -0.05) is 25.1 Å². The molecule has 94 valence electrons. The summed E-state index contributed by atoms with van der Waals surface area (Å²) in [5.41, 5.74) is 5.69. The first-order chi connectivity index (χ1) is 8.19. The number of rotatable bonds is 6. The number of anilines is 1. The topological polar surface area (TPSA) is 78.1 Å². The summed E-state index contributed by atoms with van der Waals surface area (Å²) in [6.45, 7) is 4.20. The molecule has 0 saturated carbocycles. The van der Waals surface area contributed by atoms with E-state index in [0.29, 0.717) is 17.5 Å². The minimum absolute atomic E-state index is 0.218. The summed E-state index contributed by atoms with van der Waals surface area (Å²) in [4.78, 5) is 19.8. The third-order valence-corrected chi connectivity index (χ3v) is 3.30.